The van der Waals surface area contributed by atoms with Gasteiger partial charge in [-0.2, -0.15) is 5.21 Å². The number of aromatic nitrogens is 4. The predicted molar refractivity (Wildman–Crippen MR) is 55.2 cm³/mol. The van der Waals surface area contributed by atoms with Crippen LogP contribution in [0.15, 0.2) is 30.3 Å². The van der Waals surface area contributed by atoms with Gasteiger partial charge in [0.25, 0.3) is 5.95 Å². The minimum absolute atomic E-state index is 0. The lowest BCUT2D eigenvalue weighted by atomic mass is 10.2. The van der Waals surface area contributed by atoms with Gasteiger partial charge in [0.1, 0.15) is 0 Å². The summed E-state index contributed by atoms with van der Waals surface area (Å²) >= 11 is 0. The zero-order valence-electron chi connectivity index (χ0n) is 7.34. The van der Waals surface area contributed by atoms with E-state index in [-0.39, 0.29) is 12.4 Å². The standard InChI is InChI=1S/C8H9N5.ClH/c1-2-4-7(5-3-1)6-9-8-10-12-13-11-8;/h1-5H,6H2,(H2,9,10,11,12,13);1H. The fraction of sp³-hybridized carbons (Fsp3) is 0.125. The Morgan fingerprint density at radius 1 is 1.21 bits per heavy atom. The molecule has 0 atom stereocenters. The number of nitrogens with one attached hydrogen (secondary N) is 2. The summed E-state index contributed by atoms with van der Waals surface area (Å²) in [7, 11) is 0. The number of hydrogen-bond acceptors (Lipinski definition) is 4. The Hall–Kier alpha value is -1.62. The molecule has 0 saturated heterocycles. The van der Waals surface area contributed by atoms with Crippen LogP contribution in [-0.2, 0) is 6.54 Å². The van der Waals surface area contributed by atoms with Gasteiger partial charge < -0.3 is 5.32 Å². The highest BCUT2D eigenvalue weighted by Crippen LogP contribution is 2.00. The summed E-state index contributed by atoms with van der Waals surface area (Å²) in [5.41, 5.74) is 1.19. The first-order valence-electron chi connectivity index (χ1n) is 3.96. The third-order valence-electron chi connectivity index (χ3n) is 1.64. The number of hydrogen-bond donors (Lipinski definition) is 2. The maximum absolute atomic E-state index is 3.77. The first-order valence-corrected chi connectivity index (χ1v) is 3.96. The van der Waals surface area contributed by atoms with Gasteiger partial charge in [-0.1, -0.05) is 35.4 Å². The van der Waals surface area contributed by atoms with E-state index < -0.39 is 0 Å². The second-order valence-corrected chi connectivity index (χ2v) is 2.57. The summed E-state index contributed by atoms with van der Waals surface area (Å²) in [6.07, 6.45) is 0. The molecule has 6 heteroatoms. The first kappa shape index (κ1) is 10.5. The molecule has 14 heavy (non-hydrogen) atoms. The molecule has 0 bridgehead atoms. The van der Waals surface area contributed by atoms with Gasteiger partial charge in [0.2, 0.25) is 0 Å². The van der Waals surface area contributed by atoms with Crippen molar-refractivity contribution in [1.29, 1.82) is 0 Å². The number of H-pyrrole nitrogens is 1. The second kappa shape index (κ2) is 5.18. The number of anilines is 1. The summed E-state index contributed by atoms with van der Waals surface area (Å²) < 4.78 is 0. The number of tetrazole rings is 1. The number of rotatable bonds is 3. The fourth-order valence-electron chi connectivity index (χ4n) is 1.01. The zero-order chi connectivity index (χ0) is 8.93. The molecule has 1 heterocycles. The van der Waals surface area contributed by atoms with E-state index in [4.69, 9.17) is 0 Å². The smallest absolute Gasteiger partial charge is 0.263 e. The molecule has 0 saturated carbocycles. The monoisotopic (exact) mass is 211 g/mol. The molecule has 5 nitrogen and oxygen atoms in total. The third kappa shape index (κ3) is 2.70. The summed E-state index contributed by atoms with van der Waals surface area (Å²) in [6.45, 7) is 0.709. The van der Waals surface area contributed by atoms with E-state index in [9.17, 15) is 0 Å². The van der Waals surface area contributed by atoms with E-state index in [1.54, 1.807) is 0 Å². The minimum atomic E-state index is 0. The van der Waals surface area contributed by atoms with Crippen LogP contribution < -0.4 is 5.32 Å². The average molecular weight is 212 g/mol. The molecule has 0 radical (unpaired) electrons. The van der Waals surface area contributed by atoms with E-state index in [2.05, 4.69) is 25.9 Å². The van der Waals surface area contributed by atoms with E-state index in [1.165, 1.54) is 5.56 Å². The zero-order valence-corrected chi connectivity index (χ0v) is 8.16. The van der Waals surface area contributed by atoms with Crippen molar-refractivity contribution >= 4 is 18.4 Å². The highest BCUT2D eigenvalue weighted by molar-refractivity contribution is 5.85. The summed E-state index contributed by atoms with van der Waals surface area (Å²) in [5.74, 6) is 0.517. The molecule has 2 N–H and O–H groups in total. The van der Waals surface area contributed by atoms with Crippen molar-refractivity contribution in [3.8, 4) is 0 Å². The predicted octanol–water partition coefficient (Wildman–Crippen LogP) is 1.23. The fourth-order valence-corrected chi connectivity index (χ4v) is 1.01. The number of halogens is 1. The quantitative estimate of drug-likeness (QED) is 0.802. The maximum atomic E-state index is 3.77. The Kier molecular flexibility index (Phi) is 3.87. The molecule has 0 unspecified atom stereocenters. The molecule has 0 aliphatic carbocycles. The topological polar surface area (TPSA) is 66.5 Å². The molecule has 1 aromatic carbocycles. The average Bonchev–Trinajstić information content (AvgIpc) is 2.69. The molecule has 2 rings (SSSR count). The number of aromatic amines is 1. The lowest BCUT2D eigenvalue weighted by Crippen LogP contribution is -2.00. The molecule has 0 fully saturated rings. The molecule has 74 valence electrons. The Morgan fingerprint density at radius 2 is 2.00 bits per heavy atom. The van der Waals surface area contributed by atoms with Crippen molar-refractivity contribution in [3.05, 3.63) is 35.9 Å². The van der Waals surface area contributed by atoms with Gasteiger partial charge in [-0.25, -0.2) is 0 Å². The maximum Gasteiger partial charge on any atom is 0.263 e. The van der Waals surface area contributed by atoms with Crippen molar-refractivity contribution < 1.29 is 0 Å². The van der Waals surface area contributed by atoms with Gasteiger partial charge in [-0.15, -0.1) is 17.5 Å². The molecule has 1 aromatic heterocycles. The SMILES string of the molecule is Cl.c1ccc(CNc2nn[nH]n2)cc1. The van der Waals surface area contributed by atoms with Gasteiger partial charge in [-0.05, 0) is 10.8 Å². The first-order chi connectivity index (χ1) is 6.45. The van der Waals surface area contributed by atoms with E-state index in [0.29, 0.717) is 12.5 Å². The summed E-state index contributed by atoms with van der Waals surface area (Å²) in [6, 6.07) is 10.0. The van der Waals surface area contributed by atoms with Gasteiger partial charge in [0.05, 0.1) is 0 Å². The van der Waals surface area contributed by atoms with Crippen molar-refractivity contribution in [2.24, 2.45) is 0 Å². The Morgan fingerprint density at radius 3 is 2.64 bits per heavy atom. The van der Waals surface area contributed by atoms with Crippen LogP contribution in [0.4, 0.5) is 5.95 Å². The lowest BCUT2D eigenvalue weighted by Gasteiger charge is -1.99. The van der Waals surface area contributed by atoms with Gasteiger partial charge >= 0.3 is 0 Å². The lowest BCUT2D eigenvalue weighted by molar-refractivity contribution is 0.881. The van der Waals surface area contributed by atoms with Crippen molar-refractivity contribution in [2.75, 3.05) is 5.32 Å². The Balaban J connectivity index is 0.000000980. The highest BCUT2D eigenvalue weighted by atomic mass is 35.5. The molecule has 0 spiro atoms. The van der Waals surface area contributed by atoms with Gasteiger partial charge in [0.15, 0.2) is 0 Å². The van der Waals surface area contributed by atoms with Crippen LogP contribution in [0.25, 0.3) is 0 Å². The molecule has 2 aromatic rings. The van der Waals surface area contributed by atoms with Crippen LogP contribution >= 0.6 is 12.4 Å². The molecular weight excluding hydrogens is 202 g/mol. The van der Waals surface area contributed by atoms with Crippen LogP contribution in [-0.4, -0.2) is 20.6 Å². The second-order valence-electron chi connectivity index (χ2n) is 2.57. The summed E-state index contributed by atoms with van der Waals surface area (Å²) in [5, 5.41) is 16.4. The molecular formula is C8H10ClN5. The van der Waals surface area contributed by atoms with Crippen molar-refractivity contribution in [1.82, 2.24) is 20.6 Å². The normalized spacial score (nSPS) is 9.14. The van der Waals surface area contributed by atoms with Crippen molar-refractivity contribution in [2.45, 2.75) is 6.54 Å². The van der Waals surface area contributed by atoms with Crippen LogP contribution in [0.2, 0.25) is 0 Å². The van der Waals surface area contributed by atoms with Crippen LogP contribution in [0, 0.1) is 0 Å². The number of nitrogens with zero attached hydrogens (tertiary/aromatic N) is 3. The van der Waals surface area contributed by atoms with Crippen molar-refractivity contribution in [3.63, 3.8) is 0 Å². The number of benzene rings is 1. The van der Waals surface area contributed by atoms with Crippen LogP contribution in [0.5, 0.6) is 0 Å². The third-order valence-corrected chi connectivity index (χ3v) is 1.64. The summed E-state index contributed by atoms with van der Waals surface area (Å²) in [4.78, 5) is 0. The highest BCUT2D eigenvalue weighted by Gasteiger charge is 1.95. The van der Waals surface area contributed by atoms with E-state index >= 15 is 0 Å². The van der Waals surface area contributed by atoms with Gasteiger partial charge in [0, 0.05) is 6.54 Å². The van der Waals surface area contributed by atoms with Crippen LogP contribution in [0.1, 0.15) is 5.56 Å². The Bertz CT molecular complexity index is 347. The molecule has 0 aliphatic heterocycles. The Labute approximate surface area is 87.3 Å². The molecule has 0 aliphatic rings. The molecule has 0 amide bonds. The largest absolute Gasteiger partial charge is 0.348 e. The minimum Gasteiger partial charge on any atom is -0.348 e. The van der Waals surface area contributed by atoms with E-state index in [0.717, 1.165) is 0 Å². The van der Waals surface area contributed by atoms with E-state index in [1.807, 2.05) is 30.3 Å². The van der Waals surface area contributed by atoms with Crippen LogP contribution in [0.3, 0.4) is 0 Å². The van der Waals surface area contributed by atoms with Gasteiger partial charge in [-0.3, -0.25) is 0 Å².